The van der Waals surface area contributed by atoms with Gasteiger partial charge >= 0.3 is 0 Å². The van der Waals surface area contributed by atoms with Gasteiger partial charge in [0.05, 0.1) is 18.5 Å². The van der Waals surface area contributed by atoms with E-state index < -0.39 is 12.0 Å². The Morgan fingerprint density at radius 3 is 2.74 bits per heavy atom. The average Bonchev–Trinajstić information content (AvgIpc) is 3.25. The van der Waals surface area contributed by atoms with Crippen LogP contribution in [-0.4, -0.2) is 54.8 Å². The van der Waals surface area contributed by atoms with Crippen molar-refractivity contribution in [2.75, 3.05) is 32.5 Å². The first-order chi connectivity index (χ1) is 12.9. The molecule has 0 aliphatic carbocycles. The molecule has 140 valence electrons. The number of anilines is 1. The molecule has 1 aromatic carbocycles. The van der Waals surface area contributed by atoms with Crippen LogP contribution in [0.15, 0.2) is 35.0 Å². The number of carbonyl (C=O) groups excluding carboxylic acids is 2. The molecule has 2 amide bonds. The third-order valence-electron chi connectivity index (χ3n) is 4.66. The number of amides is 2. The number of fused-ring (bicyclic) bond motifs is 1. The highest BCUT2D eigenvalue weighted by Gasteiger charge is 2.35. The number of hydrogen-bond donors (Lipinski definition) is 1. The predicted molar refractivity (Wildman–Crippen MR) is 106 cm³/mol. The molecule has 2 heterocycles. The number of thiophene rings is 1. The van der Waals surface area contributed by atoms with Crippen LogP contribution < -0.4 is 5.32 Å². The molecule has 0 radical (unpaired) electrons. The van der Waals surface area contributed by atoms with E-state index in [0.717, 1.165) is 22.4 Å². The number of benzene rings is 1. The summed E-state index contributed by atoms with van der Waals surface area (Å²) < 4.78 is 0. The molecule has 2 unspecified atom stereocenters. The maximum atomic E-state index is 12.6. The van der Waals surface area contributed by atoms with Crippen molar-refractivity contribution < 1.29 is 9.59 Å². The number of likely N-dealkylation sites (N-methyl/N-ethyl adjacent to an activating group) is 1. The summed E-state index contributed by atoms with van der Waals surface area (Å²) in [6, 6.07) is 9.45. The summed E-state index contributed by atoms with van der Waals surface area (Å²) in [6.45, 7) is 2.07. The molecule has 1 aliphatic heterocycles. The zero-order chi connectivity index (χ0) is 19.6. The molecule has 0 saturated heterocycles. The third kappa shape index (κ3) is 4.02. The van der Waals surface area contributed by atoms with Crippen molar-refractivity contribution in [3.63, 3.8) is 0 Å². The Hall–Kier alpha value is -2.69. The zero-order valence-electron chi connectivity index (χ0n) is 15.6. The van der Waals surface area contributed by atoms with Gasteiger partial charge in [0.25, 0.3) is 0 Å². The lowest BCUT2D eigenvalue weighted by Gasteiger charge is -2.28. The fraction of sp³-hybridized carbons (Fsp3) is 0.350. The van der Waals surface area contributed by atoms with E-state index in [9.17, 15) is 14.9 Å². The number of nitrogens with one attached hydrogen (secondary N) is 1. The number of nitrogens with zero attached hydrogens (tertiary/aromatic N) is 3. The van der Waals surface area contributed by atoms with Crippen LogP contribution in [0.4, 0.5) is 5.69 Å². The monoisotopic (exact) mass is 382 g/mol. The van der Waals surface area contributed by atoms with Crippen molar-refractivity contribution in [2.24, 2.45) is 0 Å². The zero-order valence-corrected chi connectivity index (χ0v) is 16.4. The molecule has 0 spiro atoms. The molecular weight excluding hydrogens is 360 g/mol. The number of nitriles is 1. The predicted octanol–water partition coefficient (Wildman–Crippen LogP) is 2.75. The Morgan fingerprint density at radius 1 is 1.33 bits per heavy atom. The van der Waals surface area contributed by atoms with Gasteiger partial charge in [0.15, 0.2) is 0 Å². The van der Waals surface area contributed by atoms with Crippen molar-refractivity contribution in [1.29, 1.82) is 5.26 Å². The summed E-state index contributed by atoms with van der Waals surface area (Å²) in [6.07, 6.45) is 0. The average molecular weight is 382 g/mol. The maximum Gasteiger partial charge on any atom is 0.237 e. The van der Waals surface area contributed by atoms with Gasteiger partial charge in [0.2, 0.25) is 11.8 Å². The van der Waals surface area contributed by atoms with E-state index in [2.05, 4.69) is 16.8 Å². The van der Waals surface area contributed by atoms with Crippen molar-refractivity contribution >= 4 is 28.8 Å². The molecular formula is C20H22N4O2S. The lowest BCUT2D eigenvalue weighted by molar-refractivity contribution is -0.133. The van der Waals surface area contributed by atoms with Crippen molar-refractivity contribution in [3.05, 3.63) is 40.6 Å². The van der Waals surface area contributed by atoms with Gasteiger partial charge in [0.1, 0.15) is 6.04 Å². The SMILES string of the molecule is CC(C#N)N(CC1C(=O)Nc2ccc(-c3ccsc3)cc21)C(=O)CN(C)C. The summed E-state index contributed by atoms with van der Waals surface area (Å²) in [5.41, 5.74) is 3.79. The Bertz CT molecular complexity index is 886. The second-order valence-corrected chi connectivity index (χ2v) is 7.72. The Balaban J connectivity index is 1.90. The summed E-state index contributed by atoms with van der Waals surface area (Å²) in [7, 11) is 3.61. The lowest BCUT2D eigenvalue weighted by atomic mass is 9.96. The normalized spacial score (nSPS) is 16.6. The standard InChI is InChI=1S/C20H22N4O2S/c1-13(9-21)24(19(25)11-23(2)3)10-17-16-8-14(15-6-7-27-12-15)4-5-18(16)22-20(17)26/h4-8,12-13,17H,10-11H2,1-3H3,(H,22,26). The molecule has 7 heteroatoms. The van der Waals surface area contributed by atoms with Gasteiger partial charge in [-0.25, -0.2) is 0 Å². The molecule has 1 aromatic heterocycles. The van der Waals surface area contributed by atoms with E-state index in [1.165, 1.54) is 4.90 Å². The van der Waals surface area contributed by atoms with Crippen LogP contribution in [-0.2, 0) is 9.59 Å². The van der Waals surface area contributed by atoms with Crippen LogP contribution in [0.1, 0.15) is 18.4 Å². The molecule has 3 rings (SSSR count). The van der Waals surface area contributed by atoms with Crippen LogP contribution in [0.25, 0.3) is 11.1 Å². The first-order valence-electron chi connectivity index (χ1n) is 8.72. The molecule has 1 N–H and O–H groups in total. The minimum Gasteiger partial charge on any atom is -0.325 e. The topological polar surface area (TPSA) is 76.4 Å². The number of carbonyl (C=O) groups is 2. The molecule has 0 bridgehead atoms. The van der Waals surface area contributed by atoms with Crippen molar-refractivity contribution in [2.45, 2.75) is 18.9 Å². The number of hydrogen-bond acceptors (Lipinski definition) is 5. The van der Waals surface area contributed by atoms with E-state index >= 15 is 0 Å². The van der Waals surface area contributed by atoms with E-state index in [0.29, 0.717) is 0 Å². The van der Waals surface area contributed by atoms with Crippen LogP contribution >= 0.6 is 11.3 Å². The minimum atomic E-state index is -0.602. The van der Waals surface area contributed by atoms with Gasteiger partial charge in [-0.15, -0.1) is 0 Å². The quantitative estimate of drug-likeness (QED) is 0.833. The summed E-state index contributed by atoms with van der Waals surface area (Å²) in [5, 5.41) is 16.3. The van der Waals surface area contributed by atoms with Crippen molar-refractivity contribution in [1.82, 2.24) is 9.80 Å². The molecule has 27 heavy (non-hydrogen) atoms. The van der Waals surface area contributed by atoms with Gasteiger partial charge in [-0.1, -0.05) is 6.07 Å². The Morgan fingerprint density at radius 2 is 2.11 bits per heavy atom. The largest absolute Gasteiger partial charge is 0.325 e. The summed E-state index contributed by atoms with van der Waals surface area (Å²) in [5.74, 6) is -0.787. The highest BCUT2D eigenvalue weighted by molar-refractivity contribution is 7.08. The van der Waals surface area contributed by atoms with Gasteiger partial charge in [-0.2, -0.15) is 16.6 Å². The van der Waals surface area contributed by atoms with Crippen LogP contribution in [0.3, 0.4) is 0 Å². The van der Waals surface area contributed by atoms with Gasteiger partial charge in [-0.05, 0) is 66.7 Å². The first kappa shape index (κ1) is 19.1. The molecule has 1 aliphatic rings. The lowest BCUT2D eigenvalue weighted by Crippen LogP contribution is -2.45. The molecule has 0 fully saturated rings. The van der Waals surface area contributed by atoms with E-state index in [1.807, 2.05) is 29.6 Å². The highest BCUT2D eigenvalue weighted by Crippen LogP contribution is 2.37. The summed E-state index contributed by atoms with van der Waals surface area (Å²) >= 11 is 1.62. The second-order valence-electron chi connectivity index (χ2n) is 6.94. The van der Waals surface area contributed by atoms with Gasteiger partial charge in [0, 0.05) is 12.2 Å². The molecule has 0 saturated carbocycles. The van der Waals surface area contributed by atoms with Crippen LogP contribution in [0, 0.1) is 11.3 Å². The smallest absolute Gasteiger partial charge is 0.237 e. The number of rotatable bonds is 6. The molecule has 2 aromatic rings. The summed E-state index contributed by atoms with van der Waals surface area (Å²) in [4.78, 5) is 28.5. The Kier molecular flexibility index (Phi) is 5.59. The minimum absolute atomic E-state index is 0.139. The molecule has 2 atom stereocenters. The maximum absolute atomic E-state index is 12.6. The molecule has 6 nitrogen and oxygen atoms in total. The highest BCUT2D eigenvalue weighted by atomic mass is 32.1. The van der Waals surface area contributed by atoms with Crippen LogP contribution in [0.2, 0.25) is 0 Å². The second kappa shape index (κ2) is 7.91. The first-order valence-corrected chi connectivity index (χ1v) is 9.66. The van der Waals surface area contributed by atoms with Crippen LogP contribution in [0.5, 0.6) is 0 Å². The van der Waals surface area contributed by atoms with Crippen molar-refractivity contribution in [3.8, 4) is 17.2 Å². The fourth-order valence-corrected chi connectivity index (χ4v) is 3.88. The van der Waals surface area contributed by atoms with E-state index in [-0.39, 0.29) is 24.9 Å². The van der Waals surface area contributed by atoms with E-state index in [4.69, 9.17) is 0 Å². The van der Waals surface area contributed by atoms with Gasteiger partial charge < -0.3 is 15.1 Å². The fourth-order valence-electron chi connectivity index (χ4n) is 3.22. The Labute approximate surface area is 163 Å². The van der Waals surface area contributed by atoms with Gasteiger partial charge in [-0.3, -0.25) is 9.59 Å². The third-order valence-corrected chi connectivity index (χ3v) is 5.34. The van der Waals surface area contributed by atoms with E-state index in [1.54, 1.807) is 37.3 Å².